The molecule has 0 aromatic rings. The number of hydrogen-bond donors (Lipinski definition) is 2. The summed E-state index contributed by atoms with van der Waals surface area (Å²) in [5, 5.41) is 5.41. The van der Waals surface area contributed by atoms with E-state index in [0.717, 1.165) is 0 Å². The van der Waals surface area contributed by atoms with Crippen LogP contribution < -0.4 is 10.6 Å². The molecule has 8 atom stereocenters. The summed E-state index contributed by atoms with van der Waals surface area (Å²) in [5.41, 5.74) is 0. The van der Waals surface area contributed by atoms with Crippen molar-refractivity contribution in [1.82, 2.24) is 10.6 Å². The number of amides is 2. The third kappa shape index (κ3) is 5.14. The Kier molecular flexibility index (Phi) is 6.79. The lowest BCUT2D eigenvalue weighted by Crippen LogP contribution is -2.53. The first-order chi connectivity index (χ1) is 15.9. The van der Waals surface area contributed by atoms with E-state index in [1.807, 2.05) is 0 Å². The summed E-state index contributed by atoms with van der Waals surface area (Å²) in [4.78, 5) is 36.4. The average molecular weight is 488 g/mol. The first kappa shape index (κ1) is 25.1. The number of nitrogens with one attached hydrogen (secondary N) is 2. The smallest absolute Gasteiger partial charge is 0.318 e. The molecule has 0 spiro atoms. The number of rotatable bonds is 6. The predicted molar refractivity (Wildman–Crippen MR) is 110 cm³/mol. The van der Waals surface area contributed by atoms with Crippen LogP contribution in [0.2, 0.25) is 0 Å². The van der Waals surface area contributed by atoms with Crippen LogP contribution in [0.1, 0.15) is 40.5 Å². The Balaban J connectivity index is 1.40. The van der Waals surface area contributed by atoms with E-state index < -0.39 is 78.6 Å². The first-order valence-electron chi connectivity index (χ1n) is 11.1. The van der Waals surface area contributed by atoms with Crippen molar-refractivity contribution < 1.29 is 52.3 Å². The van der Waals surface area contributed by atoms with Crippen molar-refractivity contribution in [2.45, 2.75) is 101 Å². The van der Waals surface area contributed by atoms with Gasteiger partial charge in [-0.3, -0.25) is 9.59 Å². The number of carbonyl (C=O) groups excluding carboxylic acids is 3. The zero-order valence-corrected chi connectivity index (χ0v) is 20.0. The van der Waals surface area contributed by atoms with Gasteiger partial charge in [0, 0.05) is 0 Å². The minimum Gasteiger partial charge on any atom is -0.469 e. The second kappa shape index (κ2) is 9.21. The molecule has 0 saturated carbocycles. The van der Waals surface area contributed by atoms with Crippen molar-refractivity contribution in [3.05, 3.63) is 0 Å². The second-order valence-corrected chi connectivity index (χ2v) is 9.50. The summed E-state index contributed by atoms with van der Waals surface area (Å²) >= 11 is 0. The number of ether oxygens (including phenoxy) is 8. The van der Waals surface area contributed by atoms with Crippen LogP contribution in [0, 0.1) is 0 Å². The molecule has 13 nitrogen and oxygen atoms in total. The van der Waals surface area contributed by atoms with E-state index in [0.29, 0.717) is 0 Å². The largest absolute Gasteiger partial charge is 0.469 e. The molecule has 34 heavy (non-hydrogen) atoms. The molecular formula is C21H32N2O11. The fraction of sp³-hybridized carbons (Fsp3) is 0.857. The average Bonchev–Trinajstić information content (AvgIpc) is 3.42. The van der Waals surface area contributed by atoms with Crippen LogP contribution in [-0.4, -0.2) is 92.8 Å². The molecule has 0 aliphatic carbocycles. The molecule has 13 heteroatoms. The Hall–Kier alpha value is -2.03. The van der Waals surface area contributed by atoms with Crippen LogP contribution in [0.3, 0.4) is 0 Å². The van der Waals surface area contributed by atoms with E-state index in [1.54, 1.807) is 27.7 Å². The quantitative estimate of drug-likeness (QED) is 0.483. The van der Waals surface area contributed by atoms with Gasteiger partial charge in [0.15, 0.2) is 24.0 Å². The van der Waals surface area contributed by atoms with Crippen molar-refractivity contribution in [3.8, 4) is 0 Å². The van der Waals surface area contributed by atoms with Gasteiger partial charge in [-0.25, -0.2) is 4.79 Å². The maximum Gasteiger partial charge on any atom is 0.318 e. The van der Waals surface area contributed by atoms with Gasteiger partial charge in [-0.2, -0.15) is 0 Å². The van der Waals surface area contributed by atoms with Crippen LogP contribution in [-0.2, 0) is 47.5 Å². The van der Waals surface area contributed by atoms with Crippen LogP contribution >= 0.6 is 0 Å². The molecule has 4 fully saturated rings. The Bertz CT molecular complexity index is 755. The lowest BCUT2D eigenvalue weighted by atomic mass is 10.1. The van der Waals surface area contributed by atoms with Crippen molar-refractivity contribution in [3.63, 3.8) is 0 Å². The third-order valence-corrected chi connectivity index (χ3v) is 6.04. The van der Waals surface area contributed by atoms with Gasteiger partial charge in [-0.05, 0) is 27.7 Å². The molecule has 0 bridgehead atoms. The van der Waals surface area contributed by atoms with Crippen molar-refractivity contribution in [1.29, 1.82) is 0 Å². The minimum atomic E-state index is -0.909. The Labute approximate surface area is 197 Å². The maximum atomic E-state index is 12.9. The van der Waals surface area contributed by atoms with E-state index in [2.05, 4.69) is 10.6 Å². The van der Waals surface area contributed by atoms with Crippen molar-refractivity contribution in [2.75, 3.05) is 14.2 Å². The first-order valence-corrected chi connectivity index (χ1v) is 11.1. The molecule has 0 radical (unpaired) electrons. The summed E-state index contributed by atoms with van der Waals surface area (Å²) in [6.45, 7) is 6.96. The van der Waals surface area contributed by atoms with Gasteiger partial charge in [-0.1, -0.05) is 0 Å². The zero-order valence-electron chi connectivity index (χ0n) is 20.0. The Morgan fingerprint density at radius 1 is 0.676 bits per heavy atom. The summed E-state index contributed by atoms with van der Waals surface area (Å²) in [5.74, 6) is -2.75. The molecule has 2 N–H and O–H groups in total. The van der Waals surface area contributed by atoms with Gasteiger partial charge < -0.3 is 48.5 Å². The monoisotopic (exact) mass is 488 g/mol. The van der Waals surface area contributed by atoms with Crippen LogP contribution in [0.15, 0.2) is 0 Å². The van der Waals surface area contributed by atoms with Gasteiger partial charge in [-0.15, -0.1) is 0 Å². The molecule has 0 aromatic carbocycles. The third-order valence-electron chi connectivity index (χ3n) is 6.04. The molecule has 0 aromatic heterocycles. The van der Waals surface area contributed by atoms with Gasteiger partial charge in [0.1, 0.15) is 24.4 Å². The van der Waals surface area contributed by atoms with Crippen molar-refractivity contribution >= 4 is 18.0 Å². The van der Waals surface area contributed by atoms with Crippen molar-refractivity contribution in [2.24, 2.45) is 0 Å². The van der Waals surface area contributed by atoms with E-state index in [-0.39, 0.29) is 12.8 Å². The van der Waals surface area contributed by atoms with Gasteiger partial charge in [0.2, 0.25) is 0 Å². The maximum absolute atomic E-state index is 12.9. The number of methoxy groups -OCH3 is 2. The fourth-order valence-corrected chi connectivity index (χ4v) is 4.72. The summed E-state index contributed by atoms with van der Waals surface area (Å²) in [7, 11) is 2.57. The second-order valence-electron chi connectivity index (χ2n) is 9.50. The van der Waals surface area contributed by atoms with Crippen LogP contribution in [0.5, 0.6) is 0 Å². The Morgan fingerprint density at radius 2 is 1.03 bits per heavy atom. The highest BCUT2D eigenvalue weighted by Crippen LogP contribution is 2.40. The molecule has 4 heterocycles. The number of urea groups is 1. The molecule has 2 amide bonds. The van der Waals surface area contributed by atoms with E-state index in [9.17, 15) is 14.4 Å². The van der Waals surface area contributed by atoms with E-state index >= 15 is 0 Å². The summed E-state index contributed by atoms with van der Waals surface area (Å²) < 4.78 is 44.7. The number of carbonyl (C=O) groups is 3. The molecule has 4 saturated heterocycles. The summed E-state index contributed by atoms with van der Waals surface area (Å²) in [6.07, 6.45) is -5.60. The minimum absolute atomic E-state index is 0.0537. The SMILES string of the molecule is COC(=O)C[C@@H]1O[C@H](NC(=O)N[C@H]2O[C@@H](CC(=O)OC)[C@@H]3OC(C)(C)O[C@@H]32)[C@H]2OC(C)(C)O[C@H]21. The van der Waals surface area contributed by atoms with Gasteiger partial charge in [0.05, 0.1) is 39.3 Å². The fourth-order valence-electron chi connectivity index (χ4n) is 4.72. The zero-order chi connectivity index (χ0) is 24.8. The van der Waals surface area contributed by atoms with E-state index in [4.69, 9.17) is 37.9 Å². The number of hydrogen-bond acceptors (Lipinski definition) is 11. The van der Waals surface area contributed by atoms with Gasteiger partial charge >= 0.3 is 18.0 Å². The lowest BCUT2D eigenvalue weighted by molar-refractivity contribution is -0.193. The highest BCUT2D eigenvalue weighted by atomic mass is 16.8. The lowest BCUT2D eigenvalue weighted by Gasteiger charge is -2.26. The number of esters is 2. The number of fused-ring (bicyclic) bond motifs is 2. The molecule has 4 rings (SSSR count). The molecule has 4 aliphatic rings. The summed E-state index contributed by atoms with van der Waals surface area (Å²) in [6, 6.07) is -0.619. The predicted octanol–water partition coefficient (Wildman–Crippen LogP) is -0.0982. The Morgan fingerprint density at radius 3 is 1.38 bits per heavy atom. The van der Waals surface area contributed by atoms with Crippen LogP contribution in [0.25, 0.3) is 0 Å². The van der Waals surface area contributed by atoms with Gasteiger partial charge in [0.25, 0.3) is 0 Å². The molecule has 192 valence electrons. The highest BCUT2D eigenvalue weighted by molar-refractivity contribution is 5.75. The normalized spacial score (nSPS) is 39.2. The van der Waals surface area contributed by atoms with E-state index in [1.165, 1.54) is 14.2 Å². The highest BCUT2D eigenvalue weighted by Gasteiger charge is 2.58. The molecular weight excluding hydrogens is 456 g/mol. The topological polar surface area (TPSA) is 149 Å². The molecule has 4 aliphatic heterocycles. The standard InChI is InChI=1S/C21H32N2O11/c1-20(2)31-13-9(7-11(24)27-5)29-17(15(13)33-20)22-19(26)23-18-16-14(32-21(3,4)34-16)10(30-18)8-12(25)28-6/h9-10,13-18H,7-8H2,1-6H3,(H2,22,23,26)/t9-,10-,13-,14-,15-,16-,17-,18-/m0/s1. The molecule has 0 unspecified atom stereocenters. The van der Waals surface area contributed by atoms with Crippen LogP contribution in [0.4, 0.5) is 4.79 Å².